The Hall–Kier alpha value is -1.61. The Kier molecular flexibility index (Phi) is 2.56. The highest BCUT2D eigenvalue weighted by atomic mass is 35.5. The number of nitrogens with zero attached hydrogens (tertiary/aromatic N) is 1. The fraction of sp³-hybridized carbons (Fsp3) is 0.0909. The van der Waals surface area contributed by atoms with E-state index in [1.165, 1.54) is 13.1 Å². The van der Waals surface area contributed by atoms with Crippen molar-refractivity contribution < 1.29 is 9.21 Å². The number of ketones is 1. The van der Waals surface area contributed by atoms with Gasteiger partial charge in [-0.1, -0.05) is 11.6 Å². The van der Waals surface area contributed by atoms with Crippen molar-refractivity contribution >= 4 is 17.4 Å². The molecule has 0 saturated heterocycles. The number of oxazole rings is 1. The molecule has 0 aliphatic carbocycles. The third-order valence-corrected chi connectivity index (χ3v) is 2.20. The Morgan fingerprint density at radius 1 is 1.33 bits per heavy atom. The van der Waals surface area contributed by atoms with Crippen LogP contribution in [0, 0.1) is 0 Å². The Morgan fingerprint density at radius 3 is 2.53 bits per heavy atom. The number of hydrogen-bond acceptors (Lipinski definition) is 3. The zero-order chi connectivity index (χ0) is 10.8. The maximum absolute atomic E-state index is 11.0. The summed E-state index contributed by atoms with van der Waals surface area (Å²) in [6.07, 6.45) is 1.42. The summed E-state index contributed by atoms with van der Waals surface area (Å²) in [4.78, 5) is 15.0. The van der Waals surface area contributed by atoms with Gasteiger partial charge in [-0.25, -0.2) is 4.98 Å². The molecule has 0 bridgehead atoms. The van der Waals surface area contributed by atoms with Gasteiger partial charge in [-0.05, 0) is 24.3 Å². The Bertz CT molecular complexity index is 488. The number of aromatic nitrogens is 1. The van der Waals surface area contributed by atoms with Crippen molar-refractivity contribution in [1.82, 2.24) is 4.98 Å². The van der Waals surface area contributed by atoms with Crippen LogP contribution >= 0.6 is 11.6 Å². The van der Waals surface area contributed by atoms with Crippen molar-refractivity contribution in [1.29, 1.82) is 0 Å². The summed E-state index contributed by atoms with van der Waals surface area (Å²) >= 11 is 5.75. The number of benzene rings is 1. The van der Waals surface area contributed by atoms with Crippen molar-refractivity contribution in [2.24, 2.45) is 0 Å². The van der Waals surface area contributed by atoms with E-state index in [0.717, 1.165) is 5.56 Å². The van der Waals surface area contributed by atoms with Crippen molar-refractivity contribution in [3.63, 3.8) is 0 Å². The van der Waals surface area contributed by atoms with Crippen molar-refractivity contribution in [3.05, 3.63) is 41.2 Å². The van der Waals surface area contributed by atoms with Crippen molar-refractivity contribution in [2.75, 3.05) is 0 Å². The standard InChI is InChI=1S/C11H8ClNO2/c1-7(14)10-6-13-11(15-10)8-2-4-9(12)5-3-8/h2-6H,1H3. The molecule has 76 valence electrons. The van der Waals surface area contributed by atoms with Crippen LogP contribution in [0.25, 0.3) is 11.5 Å². The Morgan fingerprint density at radius 2 is 2.00 bits per heavy atom. The molecule has 0 radical (unpaired) electrons. The molecule has 0 fully saturated rings. The van der Waals surface area contributed by atoms with Crippen LogP contribution in [-0.2, 0) is 0 Å². The van der Waals surface area contributed by atoms with E-state index in [2.05, 4.69) is 4.98 Å². The third-order valence-electron chi connectivity index (χ3n) is 1.94. The summed E-state index contributed by atoms with van der Waals surface area (Å²) in [5, 5.41) is 0.650. The third kappa shape index (κ3) is 2.07. The van der Waals surface area contributed by atoms with E-state index >= 15 is 0 Å². The molecule has 1 aromatic heterocycles. The Balaban J connectivity index is 2.37. The molecule has 0 N–H and O–H groups in total. The fourth-order valence-electron chi connectivity index (χ4n) is 1.16. The Labute approximate surface area is 91.7 Å². The number of rotatable bonds is 2. The van der Waals surface area contributed by atoms with E-state index in [9.17, 15) is 4.79 Å². The van der Waals surface area contributed by atoms with Gasteiger partial charge in [-0.3, -0.25) is 4.79 Å². The average Bonchev–Trinajstić information content (AvgIpc) is 2.68. The second kappa shape index (κ2) is 3.87. The van der Waals surface area contributed by atoms with E-state index in [4.69, 9.17) is 16.0 Å². The van der Waals surface area contributed by atoms with Gasteiger partial charge in [0.15, 0.2) is 11.5 Å². The van der Waals surface area contributed by atoms with Gasteiger partial charge in [0, 0.05) is 17.5 Å². The molecule has 1 heterocycles. The molecular weight excluding hydrogens is 214 g/mol. The smallest absolute Gasteiger partial charge is 0.226 e. The van der Waals surface area contributed by atoms with Crippen LogP contribution in [0.2, 0.25) is 5.02 Å². The van der Waals surface area contributed by atoms with Gasteiger partial charge < -0.3 is 4.42 Å². The van der Waals surface area contributed by atoms with Gasteiger partial charge >= 0.3 is 0 Å². The van der Waals surface area contributed by atoms with Gasteiger partial charge in [-0.15, -0.1) is 0 Å². The summed E-state index contributed by atoms with van der Waals surface area (Å²) in [5.74, 6) is 0.555. The van der Waals surface area contributed by atoms with Gasteiger partial charge in [0.1, 0.15) is 0 Å². The summed E-state index contributed by atoms with van der Waals surface area (Å²) in [5.41, 5.74) is 0.798. The topological polar surface area (TPSA) is 43.1 Å². The van der Waals surface area contributed by atoms with Gasteiger partial charge in [0.05, 0.1) is 6.20 Å². The molecule has 0 spiro atoms. The lowest BCUT2D eigenvalue weighted by molar-refractivity contribution is 0.0988. The highest BCUT2D eigenvalue weighted by Gasteiger charge is 2.09. The molecular formula is C11H8ClNO2. The molecule has 0 aliphatic heterocycles. The summed E-state index contributed by atoms with van der Waals surface area (Å²) in [7, 11) is 0. The number of carbonyl (C=O) groups excluding carboxylic acids is 1. The summed E-state index contributed by atoms with van der Waals surface area (Å²) in [6, 6.07) is 7.07. The predicted molar refractivity (Wildman–Crippen MR) is 57.0 cm³/mol. The van der Waals surface area contributed by atoms with E-state index in [0.29, 0.717) is 10.9 Å². The number of halogens is 1. The highest BCUT2D eigenvalue weighted by Crippen LogP contribution is 2.21. The highest BCUT2D eigenvalue weighted by molar-refractivity contribution is 6.30. The van der Waals surface area contributed by atoms with E-state index in [1.807, 2.05) is 0 Å². The minimum Gasteiger partial charge on any atom is -0.433 e. The van der Waals surface area contributed by atoms with E-state index in [-0.39, 0.29) is 11.5 Å². The van der Waals surface area contributed by atoms with Crippen LogP contribution in [-0.4, -0.2) is 10.8 Å². The second-order valence-corrected chi connectivity index (χ2v) is 3.53. The SMILES string of the molecule is CC(=O)c1cnc(-c2ccc(Cl)cc2)o1. The molecule has 0 saturated carbocycles. The lowest BCUT2D eigenvalue weighted by atomic mass is 10.2. The van der Waals surface area contributed by atoms with Crippen LogP contribution in [0.3, 0.4) is 0 Å². The van der Waals surface area contributed by atoms with Gasteiger partial charge in [0.25, 0.3) is 0 Å². The molecule has 0 aliphatic rings. The number of Topliss-reactive ketones (excluding diaryl/α,β-unsaturated/α-hetero) is 1. The van der Waals surface area contributed by atoms with Crippen molar-refractivity contribution in [2.45, 2.75) is 6.92 Å². The van der Waals surface area contributed by atoms with Gasteiger partial charge in [-0.2, -0.15) is 0 Å². The molecule has 2 rings (SSSR count). The largest absolute Gasteiger partial charge is 0.433 e. The quantitative estimate of drug-likeness (QED) is 0.732. The average molecular weight is 222 g/mol. The molecule has 0 atom stereocenters. The molecule has 0 amide bonds. The summed E-state index contributed by atoms with van der Waals surface area (Å²) < 4.78 is 5.27. The van der Waals surface area contributed by atoms with E-state index in [1.54, 1.807) is 24.3 Å². The van der Waals surface area contributed by atoms with Crippen LogP contribution in [0.15, 0.2) is 34.9 Å². The minimum atomic E-state index is -0.136. The fourth-order valence-corrected chi connectivity index (χ4v) is 1.29. The monoisotopic (exact) mass is 221 g/mol. The maximum atomic E-state index is 11.0. The summed E-state index contributed by atoms with van der Waals surface area (Å²) in [6.45, 7) is 1.44. The zero-order valence-corrected chi connectivity index (χ0v) is 8.78. The normalized spacial score (nSPS) is 10.3. The lowest BCUT2D eigenvalue weighted by Gasteiger charge is -1.94. The molecule has 2 aromatic rings. The molecule has 0 unspecified atom stereocenters. The lowest BCUT2D eigenvalue weighted by Crippen LogP contribution is -1.86. The minimum absolute atomic E-state index is 0.136. The first-order valence-corrected chi connectivity index (χ1v) is 4.77. The number of hydrogen-bond donors (Lipinski definition) is 0. The molecule has 1 aromatic carbocycles. The van der Waals surface area contributed by atoms with Gasteiger partial charge in [0.2, 0.25) is 5.89 Å². The maximum Gasteiger partial charge on any atom is 0.226 e. The molecule has 15 heavy (non-hydrogen) atoms. The predicted octanol–water partition coefficient (Wildman–Crippen LogP) is 3.20. The van der Waals surface area contributed by atoms with Crippen LogP contribution in [0.4, 0.5) is 0 Å². The first-order chi connectivity index (χ1) is 7.16. The zero-order valence-electron chi connectivity index (χ0n) is 8.03. The second-order valence-electron chi connectivity index (χ2n) is 3.09. The van der Waals surface area contributed by atoms with Crippen LogP contribution in [0.1, 0.15) is 17.5 Å². The molecule has 4 heteroatoms. The van der Waals surface area contributed by atoms with Crippen LogP contribution in [0.5, 0.6) is 0 Å². The van der Waals surface area contributed by atoms with Crippen LogP contribution < -0.4 is 0 Å². The molecule has 3 nitrogen and oxygen atoms in total. The first-order valence-electron chi connectivity index (χ1n) is 4.39. The van der Waals surface area contributed by atoms with Crippen molar-refractivity contribution in [3.8, 4) is 11.5 Å². The van der Waals surface area contributed by atoms with E-state index < -0.39 is 0 Å². The first kappa shape index (κ1) is 9.93. The number of carbonyl (C=O) groups is 1.